The fourth-order valence-corrected chi connectivity index (χ4v) is 1.41. The Hall–Kier alpha value is -1.36. The number of hydrogen-bond donors (Lipinski definition) is 2. The lowest BCUT2D eigenvalue weighted by Gasteiger charge is -2.28. The number of carboxylic acid groups (broad SMARTS) is 1. The van der Waals surface area contributed by atoms with Crippen LogP contribution in [-0.4, -0.2) is 47.6 Å². The number of amides is 1. The van der Waals surface area contributed by atoms with Crippen LogP contribution in [0.3, 0.4) is 0 Å². The Morgan fingerprint density at radius 1 is 1.56 bits per heavy atom. The van der Waals surface area contributed by atoms with Gasteiger partial charge in [-0.25, -0.2) is 0 Å². The minimum atomic E-state index is -0.909. The first-order chi connectivity index (χ1) is 7.45. The molecule has 92 valence electrons. The van der Waals surface area contributed by atoms with Gasteiger partial charge >= 0.3 is 5.97 Å². The van der Waals surface area contributed by atoms with Crippen molar-refractivity contribution in [1.82, 2.24) is 10.2 Å². The van der Waals surface area contributed by atoms with Gasteiger partial charge in [-0.3, -0.25) is 14.5 Å². The lowest BCUT2D eigenvalue weighted by molar-refractivity contribution is -0.144. The van der Waals surface area contributed by atoms with E-state index in [-0.39, 0.29) is 5.91 Å². The fourth-order valence-electron chi connectivity index (χ4n) is 1.41. The number of rotatable bonds is 7. The molecule has 0 aromatic carbocycles. The molecule has 5 heteroatoms. The van der Waals surface area contributed by atoms with E-state index in [1.807, 2.05) is 0 Å². The van der Waals surface area contributed by atoms with Gasteiger partial charge in [-0.1, -0.05) is 13.0 Å². The van der Waals surface area contributed by atoms with Crippen molar-refractivity contribution >= 4 is 11.9 Å². The first kappa shape index (κ1) is 14.6. The zero-order chi connectivity index (χ0) is 12.7. The molecule has 0 fully saturated rings. The Balaban J connectivity index is 4.45. The van der Waals surface area contributed by atoms with Crippen LogP contribution in [0.4, 0.5) is 0 Å². The highest BCUT2D eigenvalue weighted by Gasteiger charge is 2.27. The molecule has 2 unspecified atom stereocenters. The number of likely N-dealkylation sites (N-methyl/N-ethyl adjacent to an activating group) is 1. The Labute approximate surface area is 96.1 Å². The topological polar surface area (TPSA) is 69.6 Å². The second-order valence-electron chi connectivity index (χ2n) is 3.64. The molecule has 0 spiro atoms. The van der Waals surface area contributed by atoms with Crippen molar-refractivity contribution in [3.63, 3.8) is 0 Å². The molecule has 0 radical (unpaired) electrons. The third-order valence-corrected chi connectivity index (χ3v) is 2.57. The molecule has 0 aliphatic rings. The van der Waals surface area contributed by atoms with Gasteiger partial charge in [0.1, 0.15) is 6.04 Å². The smallest absolute Gasteiger partial charge is 0.320 e. The van der Waals surface area contributed by atoms with Crippen LogP contribution in [0.2, 0.25) is 0 Å². The highest BCUT2D eigenvalue weighted by Crippen LogP contribution is 2.07. The zero-order valence-corrected chi connectivity index (χ0v) is 10.1. The van der Waals surface area contributed by atoms with E-state index in [0.29, 0.717) is 13.0 Å². The Morgan fingerprint density at radius 2 is 2.12 bits per heavy atom. The molecule has 0 aromatic heterocycles. The van der Waals surface area contributed by atoms with Crippen molar-refractivity contribution in [3.05, 3.63) is 12.7 Å². The standard InChI is InChI=1S/C11H20N2O3/c1-5-7-12-10(14)8(3)13(4)9(6-2)11(15)16/h5,8-9H,1,6-7H2,2-4H3,(H,12,14)(H,15,16). The average Bonchev–Trinajstić information content (AvgIpc) is 2.24. The van der Waals surface area contributed by atoms with Crippen molar-refractivity contribution in [3.8, 4) is 0 Å². The van der Waals surface area contributed by atoms with Crippen LogP contribution in [0.1, 0.15) is 20.3 Å². The summed E-state index contributed by atoms with van der Waals surface area (Å²) < 4.78 is 0. The molecule has 0 bridgehead atoms. The average molecular weight is 228 g/mol. The summed E-state index contributed by atoms with van der Waals surface area (Å²) in [5.74, 6) is -1.10. The minimum Gasteiger partial charge on any atom is -0.480 e. The number of aliphatic carboxylic acids is 1. The van der Waals surface area contributed by atoms with Crippen molar-refractivity contribution in [2.75, 3.05) is 13.6 Å². The molecule has 2 atom stereocenters. The maximum Gasteiger partial charge on any atom is 0.320 e. The summed E-state index contributed by atoms with van der Waals surface area (Å²) in [6.45, 7) is 7.35. The van der Waals surface area contributed by atoms with E-state index in [9.17, 15) is 9.59 Å². The summed E-state index contributed by atoms with van der Waals surface area (Å²) in [5.41, 5.74) is 0. The van der Waals surface area contributed by atoms with Crippen molar-refractivity contribution < 1.29 is 14.7 Å². The Bertz CT molecular complexity index is 266. The molecule has 0 aromatic rings. The third-order valence-electron chi connectivity index (χ3n) is 2.57. The maximum absolute atomic E-state index is 11.6. The molecule has 1 amide bonds. The number of nitrogens with zero attached hydrogens (tertiary/aromatic N) is 1. The summed E-state index contributed by atoms with van der Waals surface area (Å²) in [7, 11) is 1.64. The molecular weight excluding hydrogens is 208 g/mol. The van der Waals surface area contributed by atoms with E-state index in [4.69, 9.17) is 5.11 Å². The third kappa shape index (κ3) is 4.02. The van der Waals surface area contributed by atoms with Crippen LogP contribution in [0.15, 0.2) is 12.7 Å². The lowest BCUT2D eigenvalue weighted by atomic mass is 10.1. The normalized spacial score (nSPS) is 14.2. The van der Waals surface area contributed by atoms with Gasteiger partial charge in [0.2, 0.25) is 5.91 Å². The Kier molecular flexibility index (Phi) is 6.41. The van der Waals surface area contributed by atoms with Gasteiger partial charge in [0.15, 0.2) is 0 Å². The van der Waals surface area contributed by atoms with Gasteiger partial charge in [-0.15, -0.1) is 6.58 Å². The zero-order valence-electron chi connectivity index (χ0n) is 10.1. The highest BCUT2D eigenvalue weighted by molar-refractivity contribution is 5.82. The van der Waals surface area contributed by atoms with Crippen LogP contribution in [0, 0.1) is 0 Å². The Morgan fingerprint density at radius 3 is 2.50 bits per heavy atom. The molecule has 2 N–H and O–H groups in total. The molecule has 0 aliphatic carbocycles. The lowest BCUT2D eigenvalue weighted by Crippen LogP contribution is -2.50. The van der Waals surface area contributed by atoms with Gasteiger partial charge in [-0.05, 0) is 20.4 Å². The predicted octanol–water partition coefficient (Wildman–Crippen LogP) is 0.472. The highest BCUT2D eigenvalue weighted by atomic mass is 16.4. The minimum absolute atomic E-state index is 0.192. The quantitative estimate of drug-likeness (QED) is 0.622. The largest absolute Gasteiger partial charge is 0.480 e. The van der Waals surface area contributed by atoms with Gasteiger partial charge in [0.25, 0.3) is 0 Å². The number of carbonyl (C=O) groups excluding carboxylic acids is 1. The molecule has 0 heterocycles. The monoisotopic (exact) mass is 228 g/mol. The second kappa shape index (κ2) is 7.00. The molecular formula is C11H20N2O3. The van der Waals surface area contributed by atoms with Crippen LogP contribution in [-0.2, 0) is 9.59 Å². The molecule has 0 rings (SSSR count). The number of carboxylic acids is 1. The fraction of sp³-hybridized carbons (Fsp3) is 0.636. The van der Waals surface area contributed by atoms with E-state index in [1.165, 1.54) is 0 Å². The van der Waals surface area contributed by atoms with E-state index < -0.39 is 18.1 Å². The van der Waals surface area contributed by atoms with Crippen molar-refractivity contribution in [1.29, 1.82) is 0 Å². The van der Waals surface area contributed by atoms with Gasteiger partial charge in [0.05, 0.1) is 6.04 Å². The van der Waals surface area contributed by atoms with Crippen LogP contribution in [0.25, 0.3) is 0 Å². The molecule has 0 saturated heterocycles. The molecule has 16 heavy (non-hydrogen) atoms. The molecule has 5 nitrogen and oxygen atoms in total. The number of carbonyl (C=O) groups is 2. The van der Waals surface area contributed by atoms with E-state index in [0.717, 1.165) is 0 Å². The second-order valence-corrected chi connectivity index (χ2v) is 3.64. The van der Waals surface area contributed by atoms with Crippen LogP contribution in [0.5, 0.6) is 0 Å². The maximum atomic E-state index is 11.6. The summed E-state index contributed by atoms with van der Waals surface area (Å²) in [4.78, 5) is 24.1. The first-order valence-corrected chi connectivity index (χ1v) is 5.29. The van der Waals surface area contributed by atoms with Gasteiger partial charge in [-0.2, -0.15) is 0 Å². The predicted molar refractivity (Wildman–Crippen MR) is 62.1 cm³/mol. The summed E-state index contributed by atoms with van der Waals surface area (Å²) in [6.07, 6.45) is 2.05. The van der Waals surface area contributed by atoms with E-state index >= 15 is 0 Å². The van der Waals surface area contributed by atoms with Crippen LogP contribution >= 0.6 is 0 Å². The molecule has 0 aliphatic heterocycles. The van der Waals surface area contributed by atoms with Gasteiger partial charge in [0, 0.05) is 6.54 Å². The first-order valence-electron chi connectivity index (χ1n) is 5.29. The van der Waals surface area contributed by atoms with Crippen molar-refractivity contribution in [2.24, 2.45) is 0 Å². The SMILES string of the molecule is C=CCNC(=O)C(C)N(C)C(CC)C(=O)O. The van der Waals surface area contributed by atoms with Crippen molar-refractivity contribution in [2.45, 2.75) is 32.4 Å². The van der Waals surface area contributed by atoms with Crippen LogP contribution < -0.4 is 5.32 Å². The summed E-state index contributed by atoms with van der Waals surface area (Å²) >= 11 is 0. The number of hydrogen-bond acceptors (Lipinski definition) is 3. The summed E-state index contributed by atoms with van der Waals surface area (Å²) in [5, 5.41) is 11.6. The van der Waals surface area contributed by atoms with E-state index in [2.05, 4.69) is 11.9 Å². The van der Waals surface area contributed by atoms with Gasteiger partial charge < -0.3 is 10.4 Å². The van der Waals surface area contributed by atoms with E-state index in [1.54, 1.807) is 31.9 Å². The number of nitrogens with one attached hydrogen (secondary N) is 1. The molecule has 0 saturated carbocycles. The summed E-state index contributed by atoms with van der Waals surface area (Å²) in [6, 6.07) is -1.11.